The van der Waals surface area contributed by atoms with Crippen molar-refractivity contribution in [1.29, 1.82) is 0 Å². The maximum atomic E-state index is 5.41. The molecule has 0 saturated carbocycles. The van der Waals surface area contributed by atoms with Gasteiger partial charge in [-0.1, -0.05) is 175 Å². The van der Waals surface area contributed by atoms with Crippen LogP contribution in [0.2, 0.25) is 0 Å². The zero-order valence-electron chi connectivity index (χ0n) is 30.1. The molecule has 2 aliphatic rings. The Morgan fingerprint density at radius 2 is 0.857 bits per heavy atom. The second-order valence-corrected chi connectivity index (χ2v) is 16.9. The molecule has 8 bridgehead atoms. The first-order valence-electron chi connectivity index (χ1n) is 18.3. The van der Waals surface area contributed by atoms with Crippen LogP contribution in [0.25, 0.3) is 85.4 Å². The van der Waals surface area contributed by atoms with Crippen LogP contribution in [0.4, 0.5) is 0 Å². The van der Waals surface area contributed by atoms with Gasteiger partial charge in [0.2, 0.25) is 0 Å². The van der Waals surface area contributed by atoms with Gasteiger partial charge in [-0.05, 0) is 106 Å². The van der Waals surface area contributed by atoms with Crippen molar-refractivity contribution < 1.29 is 0 Å². The number of rotatable bonds is 8. The lowest BCUT2D eigenvalue weighted by Gasteiger charge is -2.14. The Bertz CT molecular complexity index is 2810. The van der Waals surface area contributed by atoms with E-state index in [2.05, 4.69) is 252 Å². The first-order chi connectivity index (χ1) is 27.5. The number of hydrogen-bond donors (Lipinski definition) is 1. The molecule has 0 atom stereocenters. The van der Waals surface area contributed by atoms with Gasteiger partial charge in [-0.25, -0.2) is 9.97 Å². The van der Waals surface area contributed by atoms with Gasteiger partial charge in [0.25, 0.3) is 0 Å². The molecule has 0 saturated heterocycles. The van der Waals surface area contributed by atoms with Gasteiger partial charge in [0, 0.05) is 51.1 Å². The van der Waals surface area contributed by atoms with Crippen LogP contribution in [0.1, 0.15) is 45.0 Å². The number of aromatic nitrogens is 4. The SMILES string of the molecule is ICc1ccc(-c2c(-c3ccc(CI)cc3)c3c(-c4ccc(CI)cc4)c4nc(cc5ccc(cc6nc(cc2n3-c2ccc(CI)cc2)C=C6)[nH]5)C=C4)cc1. The van der Waals surface area contributed by atoms with Crippen LogP contribution in [0.3, 0.4) is 0 Å². The van der Waals surface area contributed by atoms with Gasteiger partial charge in [0.1, 0.15) is 0 Å². The van der Waals surface area contributed by atoms with Crippen LogP contribution < -0.4 is 0 Å². The quantitative estimate of drug-likeness (QED) is 0.122. The highest BCUT2D eigenvalue weighted by Gasteiger charge is 2.26. The summed E-state index contributed by atoms with van der Waals surface area (Å²) in [4.78, 5) is 14.1. The van der Waals surface area contributed by atoms with Gasteiger partial charge in [0.05, 0.1) is 33.8 Å². The van der Waals surface area contributed by atoms with Crippen molar-refractivity contribution in [2.75, 3.05) is 0 Å². The maximum Gasteiger partial charge on any atom is 0.0737 e. The minimum Gasteiger partial charge on any atom is -0.355 e. The third-order valence-corrected chi connectivity index (χ3v) is 13.7. The summed E-state index contributed by atoms with van der Waals surface area (Å²) in [6.45, 7) is 0. The molecule has 0 aliphatic carbocycles. The predicted molar refractivity (Wildman–Crippen MR) is 271 cm³/mol. The van der Waals surface area contributed by atoms with E-state index in [9.17, 15) is 0 Å². The molecular weight excluding hydrogens is 1140 g/mol. The van der Waals surface area contributed by atoms with Crippen molar-refractivity contribution >= 4 is 137 Å². The molecule has 0 spiro atoms. The Kier molecular flexibility index (Phi) is 11.3. The largest absolute Gasteiger partial charge is 0.355 e. The lowest BCUT2D eigenvalue weighted by atomic mass is 9.92. The maximum absolute atomic E-state index is 5.41. The summed E-state index contributed by atoms with van der Waals surface area (Å²) < 4.78 is 6.24. The van der Waals surface area contributed by atoms with Crippen molar-refractivity contribution in [3.63, 3.8) is 0 Å². The van der Waals surface area contributed by atoms with Crippen LogP contribution in [-0.4, -0.2) is 19.5 Å². The zero-order valence-corrected chi connectivity index (χ0v) is 38.7. The Labute approximate surface area is 381 Å². The highest BCUT2D eigenvalue weighted by Crippen LogP contribution is 2.47. The average molecular weight is 1170 g/mol. The Morgan fingerprint density at radius 3 is 1.38 bits per heavy atom. The average Bonchev–Trinajstić information content (AvgIpc) is 4.06. The molecule has 9 rings (SSSR count). The molecule has 0 fully saturated rings. The standard InChI is InChI=1S/C48H34I4N4/c49-26-30-1-9-34(10-2-30)45-43-22-19-40(55-43)24-39-16-15-37(53-39)23-38-17-18-41(54-38)25-44-46(35-11-3-31(27-50)4-12-35)47(36-13-5-32(28-51)6-14-36)48(45)56(44)42-20-7-33(29-52)8-21-42/h1-25,53H,26-29H2. The number of aromatic amines is 1. The summed E-state index contributed by atoms with van der Waals surface area (Å²) in [5.41, 5.74) is 20.8. The Hall–Kier alpha value is -3.60. The number of benzene rings is 4. The van der Waals surface area contributed by atoms with Crippen molar-refractivity contribution in [2.24, 2.45) is 0 Å². The second-order valence-electron chi connectivity index (χ2n) is 13.8. The van der Waals surface area contributed by atoms with E-state index in [0.717, 1.165) is 102 Å². The van der Waals surface area contributed by atoms with Crippen molar-refractivity contribution in [2.45, 2.75) is 17.7 Å². The topological polar surface area (TPSA) is 46.5 Å². The van der Waals surface area contributed by atoms with Crippen molar-refractivity contribution in [3.8, 4) is 39.1 Å². The van der Waals surface area contributed by atoms with E-state index in [1.54, 1.807) is 0 Å². The fraction of sp³-hybridized carbons (Fsp3) is 0.0833. The normalized spacial score (nSPS) is 12.1. The van der Waals surface area contributed by atoms with Gasteiger partial charge in [-0.15, -0.1) is 0 Å². The number of hydrogen-bond acceptors (Lipinski definition) is 2. The molecule has 274 valence electrons. The minimum absolute atomic E-state index is 0.898. The molecule has 0 unspecified atom stereocenters. The van der Waals surface area contributed by atoms with E-state index in [0.29, 0.717) is 0 Å². The van der Waals surface area contributed by atoms with Gasteiger partial charge in [-0.2, -0.15) is 0 Å². The first-order valence-corrected chi connectivity index (χ1v) is 24.4. The summed E-state index contributed by atoms with van der Waals surface area (Å²) in [5, 5.41) is 0. The third-order valence-electron chi connectivity index (χ3n) is 10.2. The first kappa shape index (κ1) is 37.9. The van der Waals surface area contributed by atoms with Gasteiger partial charge >= 0.3 is 0 Å². The van der Waals surface area contributed by atoms with Gasteiger partial charge in [-0.3, -0.25) is 0 Å². The molecule has 7 aromatic rings. The lowest BCUT2D eigenvalue weighted by Crippen LogP contribution is -1.98. The fourth-order valence-corrected chi connectivity index (χ4v) is 9.47. The van der Waals surface area contributed by atoms with Crippen LogP contribution in [0, 0.1) is 0 Å². The smallest absolute Gasteiger partial charge is 0.0737 e. The molecule has 8 heteroatoms. The van der Waals surface area contributed by atoms with E-state index in [-0.39, 0.29) is 0 Å². The predicted octanol–water partition coefficient (Wildman–Crippen LogP) is 14.9. The Balaban J connectivity index is 1.58. The number of nitrogens with one attached hydrogen (secondary N) is 1. The molecular formula is C48H34I4N4. The molecule has 56 heavy (non-hydrogen) atoms. The number of H-pyrrole nitrogens is 1. The van der Waals surface area contributed by atoms with E-state index < -0.39 is 0 Å². The summed E-state index contributed by atoms with van der Waals surface area (Å²) in [6.07, 6.45) is 8.55. The molecule has 0 radical (unpaired) electrons. The lowest BCUT2D eigenvalue weighted by molar-refractivity contribution is 1.16. The highest BCUT2D eigenvalue weighted by atomic mass is 127. The van der Waals surface area contributed by atoms with Crippen molar-refractivity contribution in [3.05, 3.63) is 172 Å². The minimum atomic E-state index is 0.898. The van der Waals surface area contributed by atoms with E-state index in [1.807, 2.05) is 0 Å². The second kappa shape index (κ2) is 16.7. The van der Waals surface area contributed by atoms with Crippen LogP contribution in [0.5, 0.6) is 0 Å². The summed E-state index contributed by atoms with van der Waals surface area (Å²) in [6, 6.07) is 47.1. The number of fused-ring (bicyclic) bond motifs is 8. The molecule has 0 amide bonds. The molecule has 1 N–H and O–H groups in total. The fourth-order valence-electron chi connectivity index (χ4n) is 7.44. The molecule has 3 aromatic heterocycles. The number of nitrogens with zero attached hydrogens (tertiary/aromatic N) is 3. The summed E-state index contributed by atoms with van der Waals surface area (Å²) in [7, 11) is 0. The highest BCUT2D eigenvalue weighted by molar-refractivity contribution is 14.1. The third kappa shape index (κ3) is 7.58. The summed E-state index contributed by atoms with van der Waals surface area (Å²) >= 11 is 9.80. The zero-order chi connectivity index (χ0) is 38.2. The molecule has 4 aromatic carbocycles. The number of alkyl halides is 4. The van der Waals surface area contributed by atoms with Crippen LogP contribution in [-0.2, 0) is 17.7 Å². The monoisotopic (exact) mass is 1170 g/mol. The van der Waals surface area contributed by atoms with Crippen molar-refractivity contribution in [1.82, 2.24) is 19.5 Å². The van der Waals surface area contributed by atoms with Gasteiger partial charge < -0.3 is 9.55 Å². The van der Waals surface area contributed by atoms with Crippen LogP contribution >= 0.6 is 90.4 Å². The Morgan fingerprint density at radius 1 is 0.429 bits per heavy atom. The molecule has 2 aliphatic heterocycles. The molecule has 5 heterocycles. The van der Waals surface area contributed by atoms with Gasteiger partial charge in [0.15, 0.2) is 0 Å². The van der Waals surface area contributed by atoms with E-state index in [1.165, 1.54) is 22.3 Å². The number of halogens is 4. The molecule has 4 nitrogen and oxygen atoms in total. The van der Waals surface area contributed by atoms with E-state index in [4.69, 9.17) is 9.97 Å². The van der Waals surface area contributed by atoms with E-state index >= 15 is 0 Å². The van der Waals surface area contributed by atoms with Crippen LogP contribution in [0.15, 0.2) is 127 Å². The summed E-state index contributed by atoms with van der Waals surface area (Å²) in [5.74, 6) is 0.